The molecule has 0 unspecified atom stereocenters. The molecule has 3 aromatic rings. The minimum Gasteiger partial charge on any atom is -0.508 e. The molecule has 0 aliphatic heterocycles. The van der Waals surface area contributed by atoms with E-state index in [-0.39, 0.29) is 5.75 Å². The van der Waals surface area contributed by atoms with E-state index < -0.39 is 0 Å². The quantitative estimate of drug-likeness (QED) is 0.540. The molecule has 0 fully saturated rings. The van der Waals surface area contributed by atoms with Gasteiger partial charge in [-0.3, -0.25) is 0 Å². The molecule has 0 aromatic heterocycles. The molecule has 120 valence electrons. The summed E-state index contributed by atoms with van der Waals surface area (Å²) in [5, 5.41) is 17.8. The Kier molecular flexibility index (Phi) is 9.37. The van der Waals surface area contributed by atoms with Crippen LogP contribution in [0.15, 0.2) is 84.9 Å². The molecule has 0 saturated carbocycles. The third kappa shape index (κ3) is 8.77. The summed E-state index contributed by atoms with van der Waals surface area (Å²) in [7, 11) is 0. The molecule has 0 amide bonds. The summed E-state index contributed by atoms with van der Waals surface area (Å²) in [4.78, 5) is 0. The van der Waals surface area contributed by atoms with Crippen molar-refractivity contribution < 1.29 is 10.2 Å². The van der Waals surface area contributed by atoms with E-state index in [0.717, 1.165) is 0 Å². The minimum absolute atomic E-state index is 0.133. The Morgan fingerprint density at radius 2 is 1.13 bits per heavy atom. The lowest BCUT2D eigenvalue weighted by molar-refractivity contribution is 0.475. The van der Waals surface area contributed by atoms with Gasteiger partial charge in [-0.05, 0) is 29.8 Å². The van der Waals surface area contributed by atoms with Gasteiger partial charge in [-0.15, -0.1) is 11.6 Å². The summed E-state index contributed by atoms with van der Waals surface area (Å²) in [5.41, 5.74) is 1.18. The standard InChI is InChI=1S/C7H7Cl.C6H5ClO.C6H6O/c8-6-7-4-2-1-3-5-7;7-5-3-1-2-4-6(5)8;7-6-4-2-1-3-5-6/h1-5H,6H2;1-4,8H;1-5,7H. The molecule has 0 heterocycles. The van der Waals surface area contributed by atoms with E-state index in [1.807, 2.05) is 36.4 Å². The van der Waals surface area contributed by atoms with Crippen LogP contribution in [0.5, 0.6) is 11.5 Å². The number of rotatable bonds is 1. The third-order valence-corrected chi connectivity index (χ3v) is 3.23. The van der Waals surface area contributed by atoms with Crippen molar-refractivity contribution >= 4 is 23.2 Å². The van der Waals surface area contributed by atoms with Crippen molar-refractivity contribution in [2.45, 2.75) is 5.88 Å². The van der Waals surface area contributed by atoms with Crippen molar-refractivity contribution in [1.82, 2.24) is 0 Å². The Morgan fingerprint density at radius 3 is 1.43 bits per heavy atom. The van der Waals surface area contributed by atoms with Crippen LogP contribution in [0.3, 0.4) is 0 Å². The normalized spacial score (nSPS) is 8.96. The van der Waals surface area contributed by atoms with E-state index in [2.05, 4.69) is 0 Å². The maximum atomic E-state index is 8.79. The Bertz CT molecular complexity index is 637. The second kappa shape index (κ2) is 11.4. The van der Waals surface area contributed by atoms with Crippen LogP contribution in [-0.2, 0) is 5.88 Å². The van der Waals surface area contributed by atoms with Crippen LogP contribution in [0.1, 0.15) is 5.56 Å². The van der Waals surface area contributed by atoms with E-state index in [9.17, 15) is 0 Å². The molecule has 0 saturated heterocycles. The van der Waals surface area contributed by atoms with E-state index >= 15 is 0 Å². The van der Waals surface area contributed by atoms with Gasteiger partial charge in [-0.1, -0.05) is 72.3 Å². The van der Waals surface area contributed by atoms with Gasteiger partial charge in [0.25, 0.3) is 0 Å². The molecule has 0 spiro atoms. The first-order chi connectivity index (χ1) is 11.1. The highest BCUT2D eigenvalue weighted by Gasteiger charge is 1.89. The van der Waals surface area contributed by atoms with Crippen molar-refractivity contribution in [1.29, 1.82) is 0 Å². The van der Waals surface area contributed by atoms with Crippen LogP contribution >= 0.6 is 23.2 Å². The first-order valence-corrected chi connectivity index (χ1v) is 7.82. The van der Waals surface area contributed by atoms with Crippen molar-refractivity contribution in [2.24, 2.45) is 0 Å². The number of halogens is 2. The highest BCUT2D eigenvalue weighted by molar-refractivity contribution is 6.31. The summed E-state index contributed by atoms with van der Waals surface area (Å²) in [6.45, 7) is 0. The fraction of sp³-hybridized carbons (Fsp3) is 0.0526. The fourth-order valence-corrected chi connectivity index (χ4v) is 1.76. The first kappa shape index (κ1) is 18.9. The molecular weight excluding hydrogens is 331 g/mol. The topological polar surface area (TPSA) is 40.5 Å². The Balaban J connectivity index is 0.000000173. The van der Waals surface area contributed by atoms with E-state index in [0.29, 0.717) is 16.7 Å². The second-order valence-electron chi connectivity index (χ2n) is 4.41. The Hall–Kier alpha value is -2.16. The number of benzene rings is 3. The maximum Gasteiger partial charge on any atom is 0.134 e. The van der Waals surface area contributed by atoms with Crippen LogP contribution in [0.25, 0.3) is 0 Å². The van der Waals surface area contributed by atoms with E-state index in [1.165, 1.54) is 5.56 Å². The Labute approximate surface area is 146 Å². The van der Waals surface area contributed by atoms with Gasteiger partial charge in [0.1, 0.15) is 11.5 Å². The summed E-state index contributed by atoms with van der Waals surface area (Å²) < 4.78 is 0. The van der Waals surface area contributed by atoms with Gasteiger partial charge in [0.2, 0.25) is 0 Å². The smallest absolute Gasteiger partial charge is 0.134 e. The van der Waals surface area contributed by atoms with E-state index in [4.69, 9.17) is 33.4 Å². The highest BCUT2D eigenvalue weighted by Crippen LogP contribution is 2.20. The zero-order valence-corrected chi connectivity index (χ0v) is 14.0. The number of aromatic hydroxyl groups is 2. The van der Waals surface area contributed by atoms with Crippen molar-refractivity contribution in [3.8, 4) is 11.5 Å². The summed E-state index contributed by atoms with van der Waals surface area (Å²) in [6, 6.07) is 25.3. The number of para-hydroxylation sites is 2. The van der Waals surface area contributed by atoms with Crippen molar-refractivity contribution in [2.75, 3.05) is 0 Å². The molecule has 3 aromatic carbocycles. The molecule has 0 aliphatic rings. The van der Waals surface area contributed by atoms with Crippen LogP contribution in [0.4, 0.5) is 0 Å². The number of hydrogen-bond donors (Lipinski definition) is 2. The predicted octanol–water partition coefficient (Wildman–Crippen LogP) is 5.86. The molecule has 0 radical (unpaired) electrons. The molecular formula is C19H18Cl2O2. The van der Waals surface area contributed by atoms with Gasteiger partial charge >= 0.3 is 0 Å². The van der Waals surface area contributed by atoms with Crippen molar-refractivity contribution in [3.05, 3.63) is 95.5 Å². The lowest BCUT2D eigenvalue weighted by Gasteiger charge is -1.89. The highest BCUT2D eigenvalue weighted by atomic mass is 35.5. The van der Waals surface area contributed by atoms with Gasteiger partial charge in [0.05, 0.1) is 5.02 Å². The van der Waals surface area contributed by atoms with Crippen molar-refractivity contribution in [3.63, 3.8) is 0 Å². The molecule has 3 rings (SSSR count). The van der Waals surface area contributed by atoms with Crippen LogP contribution in [0, 0.1) is 0 Å². The van der Waals surface area contributed by atoms with Gasteiger partial charge in [-0.2, -0.15) is 0 Å². The average Bonchev–Trinajstić information content (AvgIpc) is 2.60. The molecule has 0 aliphatic carbocycles. The predicted molar refractivity (Wildman–Crippen MR) is 97.2 cm³/mol. The average molecular weight is 349 g/mol. The number of hydrogen-bond acceptors (Lipinski definition) is 2. The third-order valence-electron chi connectivity index (χ3n) is 2.61. The lowest BCUT2D eigenvalue weighted by atomic mass is 10.2. The van der Waals surface area contributed by atoms with Crippen LogP contribution < -0.4 is 0 Å². The molecule has 0 bridgehead atoms. The SMILES string of the molecule is ClCc1ccccc1.Oc1ccccc1.Oc1ccccc1Cl. The van der Waals surface area contributed by atoms with Gasteiger partial charge in [0.15, 0.2) is 0 Å². The molecule has 2 N–H and O–H groups in total. The summed E-state index contributed by atoms with van der Waals surface area (Å²) >= 11 is 11.0. The second-order valence-corrected chi connectivity index (χ2v) is 5.08. The van der Waals surface area contributed by atoms with Crippen LogP contribution in [-0.4, -0.2) is 10.2 Å². The van der Waals surface area contributed by atoms with Gasteiger partial charge in [-0.25, -0.2) is 0 Å². The maximum absolute atomic E-state index is 8.79. The zero-order valence-electron chi connectivity index (χ0n) is 12.4. The summed E-state index contributed by atoms with van der Waals surface area (Å²) in [5.74, 6) is 1.07. The van der Waals surface area contributed by atoms with Crippen LogP contribution in [0.2, 0.25) is 5.02 Å². The number of alkyl halides is 1. The monoisotopic (exact) mass is 348 g/mol. The number of phenolic OH excluding ortho intramolecular Hbond substituents is 2. The first-order valence-electron chi connectivity index (χ1n) is 6.91. The molecule has 4 heteroatoms. The fourth-order valence-electron chi connectivity index (χ4n) is 1.45. The minimum atomic E-state index is 0.133. The molecule has 23 heavy (non-hydrogen) atoms. The summed E-state index contributed by atoms with van der Waals surface area (Å²) in [6.07, 6.45) is 0. The Morgan fingerprint density at radius 1 is 0.652 bits per heavy atom. The zero-order chi connectivity index (χ0) is 16.9. The van der Waals surface area contributed by atoms with E-state index in [1.54, 1.807) is 48.5 Å². The van der Waals surface area contributed by atoms with Gasteiger partial charge < -0.3 is 10.2 Å². The molecule has 0 atom stereocenters. The number of phenols is 2. The largest absolute Gasteiger partial charge is 0.508 e. The lowest BCUT2D eigenvalue weighted by Crippen LogP contribution is -1.71. The molecule has 2 nitrogen and oxygen atoms in total. The van der Waals surface area contributed by atoms with Gasteiger partial charge in [0, 0.05) is 5.88 Å².